The van der Waals surface area contributed by atoms with E-state index < -0.39 is 6.04 Å². The van der Waals surface area contributed by atoms with E-state index in [1.54, 1.807) is 4.90 Å². The zero-order chi connectivity index (χ0) is 12.3. The summed E-state index contributed by atoms with van der Waals surface area (Å²) in [4.78, 5) is 13.7. The van der Waals surface area contributed by atoms with Crippen LogP contribution >= 0.6 is 0 Å². The van der Waals surface area contributed by atoms with Gasteiger partial charge in [0.15, 0.2) is 0 Å². The van der Waals surface area contributed by atoms with Gasteiger partial charge >= 0.3 is 0 Å². The van der Waals surface area contributed by atoms with Gasteiger partial charge in [-0.3, -0.25) is 4.79 Å². The fourth-order valence-electron chi connectivity index (χ4n) is 1.82. The van der Waals surface area contributed by atoms with Crippen molar-refractivity contribution in [2.75, 3.05) is 19.7 Å². The molecule has 1 aliphatic rings. The molecule has 0 aromatic heterocycles. The molecule has 1 fully saturated rings. The Morgan fingerprint density at radius 2 is 2.19 bits per heavy atom. The zero-order valence-electron chi connectivity index (χ0n) is 10.2. The fourth-order valence-corrected chi connectivity index (χ4v) is 1.82. The van der Waals surface area contributed by atoms with Gasteiger partial charge in [0.2, 0.25) is 5.91 Å². The number of nitrogens with zero attached hydrogens (tertiary/aromatic N) is 1. The number of hydrogen-bond acceptors (Lipinski definition) is 4. The van der Waals surface area contributed by atoms with Crippen molar-refractivity contribution in [1.29, 1.82) is 0 Å². The van der Waals surface area contributed by atoms with Gasteiger partial charge in [-0.1, -0.05) is 13.8 Å². The summed E-state index contributed by atoms with van der Waals surface area (Å²) in [5, 5.41) is 9.06. The van der Waals surface area contributed by atoms with E-state index in [1.165, 1.54) is 0 Å². The highest BCUT2D eigenvalue weighted by atomic mass is 16.5. The van der Waals surface area contributed by atoms with Crippen LogP contribution in [0.5, 0.6) is 0 Å². The lowest BCUT2D eigenvalue weighted by Crippen LogP contribution is -2.55. The number of nitrogens with two attached hydrogens (primary N) is 1. The van der Waals surface area contributed by atoms with Crippen molar-refractivity contribution in [2.24, 2.45) is 11.7 Å². The second-order valence-corrected chi connectivity index (χ2v) is 4.76. The third-order valence-corrected chi connectivity index (χ3v) is 2.84. The maximum Gasteiger partial charge on any atom is 0.239 e. The Hall–Kier alpha value is -0.650. The summed E-state index contributed by atoms with van der Waals surface area (Å²) in [7, 11) is 0. The minimum Gasteiger partial charge on any atom is -0.394 e. The van der Waals surface area contributed by atoms with Crippen molar-refractivity contribution in [3.63, 3.8) is 0 Å². The van der Waals surface area contributed by atoms with Crippen LogP contribution in [0.15, 0.2) is 0 Å². The zero-order valence-corrected chi connectivity index (χ0v) is 10.2. The first-order valence-electron chi connectivity index (χ1n) is 5.76. The predicted molar refractivity (Wildman–Crippen MR) is 60.8 cm³/mol. The second kappa shape index (κ2) is 5.61. The number of rotatable bonds is 3. The monoisotopic (exact) mass is 230 g/mol. The molecule has 0 aliphatic carbocycles. The summed E-state index contributed by atoms with van der Waals surface area (Å²) in [5.41, 5.74) is 5.83. The van der Waals surface area contributed by atoms with Crippen molar-refractivity contribution < 1.29 is 14.6 Å². The van der Waals surface area contributed by atoms with Gasteiger partial charge in [0.05, 0.1) is 24.9 Å². The topological polar surface area (TPSA) is 75.8 Å². The molecule has 1 saturated heterocycles. The standard InChI is InChI=1S/C11H22N2O3/c1-7(2)10(12)11(15)13-4-8(3)16-9(5-13)6-14/h7-10,14H,4-6,12H2,1-3H3/t8?,9?,10-/m0/s1. The summed E-state index contributed by atoms with van der Waals surface area (Å²) in [5.74, 6) is 0.0711. The highest BCUT2D eigenvalue weighted by molar-refractivity contribution is 5.82. The minimum atomic E-state index is -0.468. The molecule has 5 nitrogen and oxygen atoms in total. The molecule has 2 unspecified atom stereocenters. The summed E-state index contributed by atoms with van der Waals surface area (Å²) in [6.45, 7) is 6.66. The van der Waals surface area contributed by atoms with Crippen LogP contribution in [0.25, 0.3) is 0 Å². The molecule has 1 heterocycles. The van der Waals surface area contributed by atoms with Gasteiger partial charge in [-0.05, 0) is 12.8 Å². The lowest BCUT2D eigenvalue weighted by molar-refractivity contribution is -0.149. The van der Waals surface area contributed by atoms with Gasteiger partial charge in [-0.2, -0.15) is 0 Å². The quantitative estimate of drug-likeness (QED) is 0.690. The predicted octanol–water partition coefficient (Wildman–Crippen LogP) is -0.422. The average Bonchev–Trinajstić information content (AvgIpc) is 2.25. The van der Waals surface area contributed by atoms with E-state index in [4.69, 9.17) is 15.6 Å². The SMILES string of the molecule is CC1CN(C(=O)[C@@H](N)C(C)C)CC(CO)O1. The normalized spacial score (nSPS) is 28.2. The van der Waals surface area contributed by atoms with Crippen molar-refractivity contribution in [3.8, 4) is 0 Å². The molecule has 3 N–H and O–H groups in total. The first kappa shape index (κ1) is 13.4. The van der Waals surface area contributed by atoms with Crippen LogP contribution in [0.4, 0.5) is 0 Å². The van der Waals surface area contributed by atoms with Crippen LogP contribution in [0.3, 0.4) is 0 Å². The number of ether oxygens (including phenoxy) is 1. The Bertz CT molecular complexity index is 245. The molecule has 5 heteroatoms. The average molecular weight is 230 g/mol. The van der Waals surface area contributed by atoms with Crippen LogP contribution in [-0.2, 0) is 9.53 Å². The number of carbonyl (C=O) groups excluding carboxylic acids is 1. The van der Waals surface area contributed by atoms with E-state index >= 15 is 0 Å². The Balaban J connectivity index is 2.61. The molecule has 0 radical (unpaired) electrons. The number of aliphatic hydroxyl groups is 1. The molecule has 0 aromatic rings. The van der Waals surface area contributed by atoms with E-state index in [0.29, 0.717) is 13.1 Å². The van der Waals surface area contributed by atoms with Crippen LogP contribution < -0.4 is 5.73 Å². The van der Waals surface area contributed by atoms with Gasteiger partial charge in [0, 0.05) is 13.1 Å². The molecule has 0 saturated carbocycles. The van der Waals surface area contributed by atoms with Gasteiger partial charge in [0.25, 0.3) is 0 Å². The summed E-state index contributed by atoms with van der Waals surface area (Å²) in [6, 6.07) is -0.468. The van der Waals surface area contributed by atoms with E-state index in [2.05, 4.69) is 0 Å². The van der Waals surface area contributed by atoms with Crippen LogP contribution in [-0.4, -0.2) is 53.9 Å². The van der Waals surface area contributed by atoms with Crippen molar-refractivity contribution in [3.05, 3.63) is 0 Å². The molecule has 1 rings (SSSR count). The third-order valence-electron chi connectivity index (χ3n) is 2.84. The smallest absolute Gasteiger partial charge is 0.239 e. The summed E-state index contributed by atoms with van der Waals surface area (Å²) < 4.78 is 5.47. The number of hydrogen-bond donors (Lipinski definition) is 2. The maximum atomic E-state index is 12.0. The molecule has 0 aromatic carbocycles. The number of aliphatic hydroxyl groups excluding tert-OH is 1. The minimum absolute atomic E-state index is 0.0470. The number of morpholine rings is 1. The Morgan fingerprint density at radius 1 is 1.56 bits per heavy atom. The maximum absolute atomic E-state index is 12.0. The molecule has 0 spiro atoms. The van der Waals surface area contributed by atoms with Gasteiger partial charge < -0.3 is 20.5 Å². The number of carbonyl (C=O) groups is 1. The molecule has 1 amide bonds. The van der Waals surface area contributed by atoms with Crippen molar-refractivity contribution in [1.82, 2.24) is 4.90 Å². The molecule has 16 heavy (non-hydrogen) atoms. The molecular formula is C11H22N2O3. The molecule has 0 bridgehead atoms. The van der Waals surface area contributed by atoms with E-state index in [9.17, 15) is 4.79 Å². The highest BCUT2D eigenvalue weighted by Crippen LogP contribution is 2.13. The van der Waals surface area contributed by atoms with E-state index in [1.807, 2.05) is 20.8 Å². The van der Waals surface area contributed by atoms with Gasteiger partial charge in [-0.25, -0.2) is 0 Å². The van der Waals surface area contributed by atoms with Crippen molar-refractivity contribution in [2.45, 2.75) is 39.0 Å². The first-order valence-corrected chi connectivity index (χ1v) is 5.76. The van der Waals surface area contributed by atoms with E-state index in [0.717, 1.165) is 0 Å². The number of amides is 1. The second-order valence-electron chi connectivity index (χ2n) is 4.76. The summed E-state index contributed by atoms with van der Waals surface area (Å²) in [6.07, 6.45) is -0.332. The van der Waals surface area contributed by atoms with Crippen LogP contribution in [0, 0.1) is 5.92 Å². The Morgan fingerprint density at radius 3 is 2.69 bits per heavy atom. The molecule has 94 valence electrons. The Kier molecular flexibility index (Phi) is 4.70. The third kappa shape index (κ3) is 3.17. The van der Waals surface area contributed by atoms with Gasteiger partial charge in [0.1, 0.15) is 0 Å². The van der Waals surface area contributed by atoms with Crippen LogP contribution in [0.1, 0.15) is 20.8 Å². The molecule has 1 aliphatic heterocycles. The molecular weight excluding hydrogens is 208 g/mol. The lowest BCUT2D eigenvalue weighted by Gasteiger charge is -2.37. The van der Waals surface area contributed by atoms with Crippen molar-refractivity contribution >= 4 is 5.91 Å². The van der Waals surface area contributed by atoms with E-state index in [-0.39, 0.29) is 30.6 Å². The Labute approximate surface area is 96.6 Å². The largest absolute Gasteiger partial charge is 0.394 e. The lowest BCUT2D eigenvalue weighted by atomic mass is 10.0. The first-order chi connectivity index (χ1) is 7.45. The summed E-state index contributed by atoms with van der Waals surface area (Å²) >= 11 is 0. The highest BCUT2D eigenvalue weighted by Gasteiger charge is 2.31. The fraction of sp³-hybridized carbons (Fsp3) is 0.909. The van der Waals surface area contributed by atoms with Crippen LogP contribution in [0.2, 0.25) is 0 Å². The molecule has 3 atom stereocenters. The van der Waals surface area contributed by atoms with Gasteiger partial charge in [-0.15, -0.1) is 0 Å².